The van der Waals surface area contributed by atoms with E-state index in [1.165, 1.54) is 83.9 Å². The molecule has 5 amide bonds. The Morgan fingerprint density at radius 2 is 0.689 bits per heavy atom. The third-order valence-electron chi connectivity index (χ3n) is 21.4. The predicted molar refractivity (Wildman–Crippen MR) is 479 cm³/mol. The second-order valence-corrected chi connectivity index (χ2v) is 31.4. The number of halogens is 3. The van der Waals surface area contributed by atoms with Crippen LogP contribution in [-0.4, -0.2) is 161 Å². The minimum absolute atomic E-state index is 0.0703. The number of piperidine rings is 5. The van der Waals surface area contributed by atoms with Crippen molar-refractivity contribution in [1.29, 1.82) is 0 Å². The van der Waals surface area contributed by atoms with E-state index in [-0.39, 0.29) is 84.0 Å². The third kappa shape index (κ3) is 24.6. The fourth-order valence-corrected chi connectivity index (χ4v) is 16.7. The Morgan fingerprint density at radius 1 is 0.352 bits per heavy atom. The molecule has 5 saturated heterocycles. The number of pyridine rings is 6. The first kappa shape index (κ1) is 89.2. The number of fused-ring (bicyclic) bond motifs is 1. The molecular weight excluding hydrogens is 1650 g/mol. The molecule has 0 aliphatic carbocycles. The molecule has 23 nitrogen and oxygen atoms in total. The van der Waals surface area contributed by atoms with Crippen molar-refractivity contribution in [3.63, 3.8) is 0 Å². The van der Waals surface area contributed by atoms with Gasteiger partial charge in [0, 0.05) is 130 Å². The topological polar surface area (TPSA) is 249 Å². The van der Waals surface area contributed by atoms with E-state index in [0.717, 1.165) is 157 Å². The van der Waals surface area contributed by atoms with Gasteiger partial charge in [-0.2, -0.15) is 0 Å². The van der Waals surface area contributed by atoms with Crippen LogP contribution in [-0.2, 0) is 0 Å². The molecule has 31 heteroatoms. The van der Waals surface area contributed by atoms with Crippen LogP contribution in [0.2, 0.25) is 0 Å². The van der Waals surface area contributed by atoms with Crippen LogP contribution in [0.1, 0.15) is 206 Å². The largest absolute Gasteiger partial charge is 0.454 e. The van der Waals surface area contributed by atoms with Crippen molar-refractivity contribution in [1.82, 2.24) is 80.6 Å². The van der Waals surface area contributed by atoms with Gasteiger partial charge in [0.25, 0.3) is 29.5 Å². The first-order valence-corrected chi connectivity index (χ1v) is 42.5. The van der Waals surface area contributed by atoms with Crippen LogP contribution in [0.25, 0.3) is 0 Å². The molecule has 5 atom stereocenters. The van der Waals surface area contributed by atoms with Crippen LogP contribution in [0.3, 0.4) is 0 Å². The molecule has 12 heterocycles. The molecular formula is C91H93F3N16O7S5. The van der Waals surface area contributed by atoms with Gasteiger partial charge in [-0.15, -0.1) is 0 Å². The van der Waals surface area contributed by atoms with Crippen LogP contribution >= 0.6 is 61.1 Å². The van der Waals surface area contributed by atoms with Crippen LogP contribution in [0.15, 0.2) is 238 Å². The molecule has 6 aromatic heterocycles. The summed E-state index contributed by atoms with van der Waals surface area (Å²) in [6, 6.07) is 47.2. The predicted octanol–water partition coefficient (Wildman–Crippen LogP) is 16.5. The number of likely N-dealkylation sites (tertiary alicyclic amines) is 5. The lowest BCUT2D eigenvalue weighted by molar-refractivity contribution is 0.0847. The highest BCUT2D eigenvalue weighted by Crippen LogP contribution is 2.37. The lowest BCUT2D eigenvalue weighted by Crippen LogP contribution is -2.47. The van der Waals surface area contributed by atoms with E-state index < -0.39 is 0 Å². The van der Waals surface area contributed by atoms with Crippen molar-refractivity contribution in [2.75, 3.05) is 46.6 Å². The minimum Gasteiger partial charge on any atom is -0.454 e. The van der Waals surface area contributed by atoms with Crippen molar-refractivity contribution in [3.8, 4) is 11.5 Å². The van der Waals surface area contributed by atoms with E-state index in [4.69, 9.17) is 70.6 Å². The van der Waals surface area contributed by atoms with E-state index in [1.54, 1.807) is 74.6 Å². The standard InChI is InChI=1S/C19H20FN3OS.C19H19N3O3S.2C18H18FN3OS.C17H18N4OS/c1-22(18(24)14-7-9-16(20)10-8-14)19(25)23-12-3-2-6-17(23)15-5-4-11-21-13-15;23-18(13-6-7-16-17(10-13)25-12-24-16)21-19(26)22-9-2-1-5-15(22)14-4-3-8-20-11-14;19-14-9-7-13(8-10-14)17(23)21-18(24)22-12-4-2-6-16(22)15-5-1-3-11-20-15;19-15-8-6-13(7-9-15)17(23)21-18(24)22-11-2-1-5-16(22)14-4-3-10-20-12-14;22-16(14-6-4-9-19-12-14)20-17(23)21-10-2-1-7-15(21)13-5-3-8-18-11-13/h4-5,7-11,13,17H,2-3,6,12H2,1H3;3-4,6-8,10-11,15H,1-2,5,9,12H2,(H,21,23,26);1,3,5,7-11,16H,2,4,6,12H2,(H,21,23,24);3-4,6-10,12,16H,1-2,5,11H2,(H,21,23,24);3-6,8-9,11-12,15H,1-2,7,10H2,(H,20,22,23). The summed E-state index contributed by atoms with van der Waals surface area (Å²) in [5, 5.41) is 13.4. The Balaban J connectivity index is 0.000000140. The summed E-state index contributed by atoms with van der Waals surface area (Å²) in [7, 11) is 1.67. The molecule has 5 unspecified atom stereocenters. The number of carbonyl (C=O) groups excluding carboxylic acids is 5. The fraction of sp³-hybridized carbons (Fsp3) is 0.297. The SMILES string of the molecule is CN(C(=O)c1ccc(F)cc1)C(=S)N1CCCCC1c1cccnc1.O=C(NC(=S)N1CCCCC1c1ccccn1)c1ccc(F)cc1.O=C(NC(=S)N1CCCCC1c1cccnc1)c1ccc(F)cc1.O=C(NC(=S)N1CCCCC1c1cccnc1)c1ccc2c(c1)OCO2.O=C(NC(=S)N1CCCCC1c1cccnc1)c1cccnc1. The molecule has 6 aliphatic rings. The number of nitrogens with zero attached hydrogens (tertiary/aromatic N) is 12. The van der Waals surface area contributed by atoms with Gasteiger partial charge in [0.1, 0.15) is 17.5 Å². The second kappa shape index (κ2) is 45.0. The molecule has 122 heavy (non-hydrogen) atoms. The van der Waals surface area contributed by atoms with Gasteiger partial charge in [0.2, 0.25) is 6.79 Å². The third-order valence-corrected chi connectivity index (χ3v) is 23.3. The van der Waals surface area contributed by atoms with Crippen LogP contribution < -0.4 is 30.7 Å². The van der Waals surface area contributed by atoms with E-state index in [2.05, 4.69) is 78.0 Å². The first-order chi connectivity index (χ1) is 59.3. The van der Waals surface area contributed by atoms with E-state index >= 15 is 0 Å². The number of ether oxygens (including phenoxy) is 2. The van der Waals surface area contributed by atoms with E-state index in [1.807, 2.05) is 89.2 Å². The van der Waals surface area contributed by atoms with Gasteiger partial charge in [-0.25, -0.2) is 13.2 Å². The quantitative estimate of drug-likeness (QED) is 0.0929. The highest BCUT2D eigenvalue weighted by Gasteiger charge is 2.34. The molecule has 4 N–H and O–H groups in total. The van der Waals surface area contributed by atoms with Crippen molar-refractivity contribution < 1.29 is 46.6 Å². The van der Waals surface area contributed by atoms with Gasteiger partial charge in [0.05, 0.1) is 41.5 Å². The summed E-state index contributed by atoms with van der Waals surface area (Å²) >= 11 is 27.5. The number of rotatable bonds is 10. The van der Waals surface area contributed by atoms with Gasteiger partial charge in [-0.3, -0.25) is 80.0 Å². The summed E-state index contributed by atoms with van der Waals surface area (Å²) in [5.41, 5.74) is 7.58. The number of benzene rings is 4. The number of nitrogens with one attached hydrogen (secondary N) is 4. The second-order valence-electron chi connectivity index (χ2n) is 29.4. The summed E-state index contributed by atoms with van der Waals surface area (Å²) in [6.07, 6.45) is 35.1. The van der Waals surface area contributed by atoms with E-state index in [9.17, 15) is 37.1 Å². The summed E-state index contributed by atoms with van der Waals surface area (Å²) < 4.78 is 49.6. The Labute approximate surface area is 734 Å². The summed E-state index contributed by atoms with van der Waals surface area (Å²) in [4.78, 5) is 99.1. The molecule has 6 aliphatic heterocycles. The molecule has 4 aromatic carbocycles. The zero-order valence-electron chi connectivity index (χ0n) is 67.2. The Hall–Kier alpha value is -12.0. The average molecular weight is 1740 g/mol. The molecule has 0 bridgehead atoms. The van der Waals surface area contributed by atoms with Crippen molar-refractivity contribution in [2.24, 2.45) is 0 Å². The molecule has 0 saturated carbocycles. The Morgan fingerprint density at radius 3 is 1.07 bits per heavy atom. The molecule has 0 spiro atoms. The van der Waals surface area contributed by atoms with Crippen molar-refractivity contribution in [2.45, 2.75) is 127 Å². The number of hydrogen-bond acceptors (Lipinski definition) is 18. The Bertz CT molecular complexity index is 5070. The number of hydrogen-bond donors (Lipinski definition) is 4. The lowest BCUT2D eigenvalue weighted by Gasteiger charge is -2.40. The summed E-state index contributed by atoms with van der Waals surface area (Å²) in [5.74, 6) is -1.24. The Kier molecular flexibility index (Phi) is 32.9. The zero-order chi connectivity index (χ0) is 85.7. The lowest BCUT2D eigenvalue weighted by atomic mass is 9.97. The molecule has 16 rings (SSSR count). The monoisotopic (exact) mass is 1740 g/mol. The fourth-order valence-electron chi connectivity index (χ4n) is 15.2. The molecule has 630 valence electrons. The minimum atomic E-state index is -0.375. The van der Waals surface area contributed by atoms with E-state index in [0.29, 0.717) is 64.9 Å². The van der Waals surface area contributed by atoms with Crippen LogP contribution in [0, 0.1) is 17.5 Å². The highest BCUT2D eigenvalue weighted by atomic mass is 32.1. The maximum absolute atomic E-state index is 13.1. The first-order valence-electron chi connectivity index (χ1n) is 40.5. The van der Waals surface area contributed by atoms with Crippen LogP contribution in [0.5, 0.6) is 11.5 Å². The van der Waals surface area contributed by atoms with Gasteiger partial charge in [-0.1, -0.05) is 30.3 Å². The van der Waals surface area contributed by atoms with Crippen LogP contribution in [0.4, 0.5) is 13.2 Å². The smallest absolute Gasteiger partial charge is 0.259 e. The molecule has 0 radical (unpaired) electrons. The summed E-state index contributed by atoms with van der Waals surface area (Å²) in [6.45, 7) is 4.22. The normalized spacial score (nSPS) is 17.6. The highest BCUT2D eigenvalue weighted by molar-refractivity contribution is 7.81. The maximum atomic E-state index is 13.1. The molecule has 5 fully saturated rings. The number of thiocarbonyl (C=S) groups is 5. The number of amides is 5. The van der Waals surface area contributed by atoms with Crippen molar-refractivity contribution in [3.05, 3.63) is 311 Å². The molecule has 10 aromatic rings. The van der Waals surface area contributed by atoms with Gasteiger partial charge >= 0.3 is 0 Å². The number of aromatic nitrogens is 6. The zero-order valence-corrected chi connectivity index (χ0v) is 71.2. The van der Waals surface area contributed by atoms with Gasteiger partial charge in [0.15, 0.2) is 37.1 Å². The number of carbonyl (C=O) groups is 5. The van der Waals surface area contributed by atoms with Gasteiger partial charge in [-0.05, 0) is 319 Å². The van der Waals surface area contributed by atoms with Gasteiger partial charge < -0.3 is 34.0 Å². The average Bonchev–Trinajstić information content (AvgIpc) is 1.50. The maximum Gasteiger partial charge on any atom is 0.259 e. The van der Waals surface area contributed by atoms with Crippen molar-refractivity contribution >= 4 is 116 Å².